The zero-order valence-electron chi connectivity index (χ0n) is 8.84. The van der Waals surface area contributed by atoms with E-state index in [2.05, 4.69) is 10.4 Å². The minimum absolute atomic E-state index is 0.404. The van der Waals surface area contributed by atoms with Gasteiger partial charge in [0.25, 0.3) is 5.91 Å². The molecule has 0 atom stereocenters. The van der Waals surface area contributed by atoms with E-state index in [1.54, 1.807) is 0 Å². The molecule has 0 saturated carbocycles. The quantitative estimate of drug-likeness (QED) is 0.759. The number of halogens is 3. The van der Waals surface area contributed by atoms with E-state index in [0.717, 1.165) is 6.20 Å². The molecule has 1 aliphatic rings. The van der Waals surface area contributed by atoms with Crippen molar-refractivity contribution in [3.63, 3.8) is 0 Å². The Labute approximate surface area is 95.0 Å². The van der Waals surface area contributed by atoms with E-state index in [1.807, 2.05) is 5.10 Å². The van der Waals surface area contributed by atoms with Crippen LogP contribution >= 0.6 is 0 Å². The number of alkyl halides is 3. The molecule has 2 N–H and O–H groups in total. The molecule has 1 aromatic rings. The highest BCUT2D eigenvalue weighted by molar-refractivity contribution is 5.95. The first-order valence-corrected chi connectivity index (χ1v) is 5.10. The van der Waals surface area contributed by atoms with Gasteiger partial charge >= 0.3 is 6.18 Å². The number of hydrogen-bond donors (Lipinski definition) is 2. The van der Waals surface area contributed by atoms with E-state index in [1.165, 1.54) is 4.90 Å². The van der Waals surface area contributed by atoms with Crippen molar-refractivity contribution in [1.82, 2.24) is 20.4 Å². The molecule has 1 fully saturated rings. The second-order valence-corrected chi connectivity index (χ2v) is 3.70. The van der Waals surface area contributed by atoms with Crippen molar-refractivity contribution < 1.29 is 18.0 Å². The number of carbonyl (C=O) groups excluding carboxylic acids is 1. The van der Waals surface area contributed by atoms with Crippen LogP contribution in [0.2, 0.25) is 0 Å². The molecular weight excluding hydrogens is 237 g/mol. The van der Waals surface area contributed by atoms with Crippen LogP contribution < -0.4 is 5.32 Å². The molecular formula is C9H11F3N4O. The molecule has 2 rings (SSSR count). The van der Waals surface area contributed by atoms with Crippen molar-refractivity contribution in [2.24, 2.45) is 0 Å². The van der Waals surface area contributed by atoms with Gasteiger partial charge in [0, 0.05) is 26.2 Å². The molecule has 94 valence electrons. The number of H-pyrrole nitrogens is 1. The molecule has 0 unspecified atom stereocenters. The van der Waals surface area contributed by atoms with Crippen molar-refractivity contribution in [1.29, 1.82) is 0 Å². The first-order chi connectivity index (χ1) is 8.00. The molecule has 8 heteroatoms. The Morgan fingerprint density at radius 2 is 2.00 bits per heavy atom. The molecule has 0 radical (unpaired) electrons. The SMILES string of the molecule is O=C(c1cn[nH]c1C(F)(F)F)N1CCNCC1. The van der Waals surface area contributed by atoms with Gasteiger partial charge in [-0.3, -0.25) is 9.89 Å². The smallest absolute Gasteiger partial charge is 0.336 e. The Morgan fingerprint density at radius 3 is 2.59 bits per heavy atom. The topological polar surface area (TPSA) is 61.0 Å². The lowest BCUT2D eigenvalue weighted by atomic mass is 10.2. The maximum absolute atomic E-state index is 12.6. The van der Waals surface area contributed by atoms with Crippen LogP contribution in [-0.4, -0.2) is 47.2 Å². The number of nitrogens with one attached hydrogen (secondary N) is 2. The molecule has 17 heavy (non-hydrogen) atoms. The van der Waals surface area contributed by atoms with Crippen LogP contribution in [0.3, 0.4) is 0 Å². The molecule has 0 aliphatic carbocycles. The van der Waals surface area contributed by atoms with Crippen LogP contribution in [0.15, 0.2) is 6.20 Å². The highest BCUT2D eigenvalue weighted by Gasteiger charge is 2.38. The fourth-order valence-electron chi connectivity index (χ4n) is 1.70. The van der Waals surface area contributed by atoms with E-state index in [-0.39, 0.29) is 0 Å². The van der Waals surface area contributed by atoms with Gasteiger partial charge in [0.1, 0.15) is 0 Å². The van der Waals surface area contributed by atoms with E-state index in [9.17, 15) is 18.0 Å². The summed E-state index contributed by atoms with van der Waals surface area (Å²) in [7, 11) is 0. The second-order valence-electron chi connectivity index (χ2n) is 3.70. The van der Waals surface area contributed by atoms with Crippen LogP contribution in [0.4, 0.5) is 13.2 Å². The monoisotopic (exact) mass is 248 g/mol. The molecule has 0 aromatic carbocycles. The summed E-state index contributed by atoms with van der Waals surface area (Å²) in [5.74, 6) is -0.632. The molecule has 0 spiro atoms. The summed E-state index contributed by atoms with van der Waals surface area (Å²) in [5.41, 5.74) is -1.50. The van der Waals surface area contributed by atoms with Crippen LogP contribution in [0.5, 0.6) is 0 Å². The minimum atomic E-state index is -4.59. The number of nitrogens with zero attached hydrogens (tertiary/aromatic N) is 2. The lowest BCUT2D eigenvalue weighted by Crippen LogP contribution is -2.46. The van der Waals surface area contributed by atoms with Crippen molar-refractivity contribution in [3.05, 3.63) is 17.5 Å². The number of piperazine rings is 1. The summed E-state index contributed by atoms with van der Waals surface area (Å²) in [4.78, 5) is 13.3. The molecule has 1 saturated heterocycles. The standard InChI is InChI=1S/C9H11F3N4O/c10-9(11,12)7-6(5-14-15-7)8(17)16-3-1-13-2-4-16/h5,13H,1-4H2,(H,14,15). The Morgan fingerprint density at radius 1 is 1.35 bits per heavy atom. The van der Waals surface area contributed by atoms with Gasteiger partial charge in [0.05, 0.1) is 11.8 Å². The Hall–Kier alpha value is -1.57. The summed E-state index contributed by atoms with van der Waals surface area (Å²) in [5, 5.41) is 8.14. The number of hydrogen-bond acceptors (Lipinski definition) is 3. The Balaban J connectivity index is 2.22. The van der Waals surface area contributed by atoms with Gasteiger partial charge in [0.2, 0.25) is 0 Å². The predicted molar refractivity (Wildman–Crippen MR) is 52.4 cm³/mol. The Kier molecular flexibility index (Phi) is 3.05. The first kappa shape index (κ1) is 11.9. The van der Waals surface area contributed by atoms with E-state index in [4.69, 9.17) is 0 Å². The zero-order valence-corrected chi connectivity index (χ0v) is 8.84. The Bertz CT molecular complexity index is 409. The molecule has 1 aliphatic heterocycles. The van der Waals surface area contributed by atoms with Crippen LogP contribution in [0.1, 0.15) is 16.1 Å². The van der Waals surface area contributed by atoms with Gasteiger partial charge in [-0.25, -0.2) is 0 Å². The van der Waals surface area contributed by atoms with Gasteiger partial charge in [0.15, 0.2) is 5.69 Å². The van der Waals surface area contributed by atoms with Crippen molar-refractivity contribution in [2.45, 2.75) is 6.18 Å². The number of aromatic nitrogens is 2. The molecule has 1 aromatic heterocycles. The van der Waals surface area contributed by atoms with Crippen LogP contribution in [0.25, 0.3) is 0 Å². The van der Waals surface area contributed by atoms with E-state index in [0.29, 0.717) is 26.2 Å². The van der Waals surface area contributed by atoms with Gasteiger partial charge in [-0.15, -0.1) is 0 Å². The molecule has 5 nitrogen and oxygen atoms in total. The minimum Gasteiger partial charge on any atom is -0.336 e. The van der Waals surface area contributed by atoms with Crippen molar-refractivity contribution in [2.75, 3.05) is 26.2 Å². The third kappa shape index (κ3) is 2.41. The number of aromatic amines is 1. The van der Waals surface area contributed by atoms with Gasteiger partial charge in [-0.1, -0.05) is 0 Å². The number of rotatable bonds is 1. The molecule has 1 amide bonds. The summed E-state index contributed by atoms with van der Waals surface area (Å²) in [6, 6.07) is 0. The van der Waals surface area contributed by atoms with Crippen molar-refractivity contribution >= 4 is 5.91 Å². The summed E-state index contributed by atoms with van der Waals surface area (Å²) < 4.78 is 37.7. The second kappa shape index (κ2) is 4.36. The fraction of sp³-hybridized carbons (Fsp3) is 0.556. The highest BCUT2D eigenvalue weighted by Crippen LogP contribution is 2.30. The fourth-order valence-corrected chi connectivity index (χ4v) is 1.70. The zero-order chi connectivity index (χ0) is 12.5. The molecule has 2 heterocycles. The van der Waals surface area contributed by atoms with E-state index < -0.39 is 23.3 Å². The van der Waals surface area contributed by atoms with Crippen LogP contribution in [-0.2, 0) is 6.18 Å². The van der Waals surface area contributed by atoms with Gasteiger partial charge < -0.3 is 10.2 Å². The maximum atomic E-state index is 12.6. The number of carbonyl (C=O) groups is 1. The van der Waals surface area contributed by atoms with Crippen molar-refractivity contribution in [3.8, 4) is 0 Å². The molecule has 0 bridgehead atoms. The highest BCUT2D eigenvalue weighted by atomic mass is 19.4. The first-order valence-electron chi connectivity index (χ1n) is 5.10. The van der Waals surface area contributed by atoms with Gasteiger partial charge in [-0.05, 0) is 0 Å². The lowest BCUT2D eigenvalue weighted by Gasteiger charge is -2.27. The summed E-state index contributed by atoms with van der Waals surface area (Å²) in [6.07, 6.45) is -3.66. The third-order valence-electron chi connectivity index (χ3n) is 2.56. The van der Waals surface area contributed by atoms with E-state index >= 15 is 0 Å². The average molecular weight is 248 g/mol. The number of amides is 1. The largest absolute Gasteiger partial charge is 0.433 e. The lowest BCUT2D eigenvalue weighted by molar-refractivity contribution is -0.141. The van der Waals surface area contributed by atoms with Gasteiger partial charge in [-0.2, -0.15) is 18.3 Å². The average Bonchev–Trinajstić information content (AvgIpc) is 2.78. The maximum Gasteiger partial charge on any atom is 0.433 e. The summed E-state index contributed by atoms with van der Waals surface area (Å²) >= 11 is 0. The third-order valence-corrected chi connectivity index (χ3v) is 2.56. The normalized spacial score (nSPS) is 17.2. The van der Waals surface area contributed by atoms with Crippen LogP contribution in [0, 0.1) is 0 Å². The predicted octanol–water partition coefficient (Wildman–Crippen LogP) is 0.474. The summed E-state index contributed by atoms with van der Waals surface area (Å²) in [6.45, 7) is 1.98.